The van der Waals surface area contributed by atoms with Gasteiger partial charge in [-0.25, -0.2) is 0 Å². The summed E-state index contributed by atoms with van der Waals surface area (Å²) in [7, 11) is 0. The van der Waals surface area contributed by atoms with Gasteiger partial charge < -0.3 is 15.2 Å². The van der Waals surface area contributed by atoms with Crippen molar-refractivity contribution < 1.29 is 9.59 Å². The molecule has 2 N–H and O–H groups in total. The summed E-state index contributed by atoms with van der Waals surface area (Å²) in [5.41, 5.74) is 2.32. The normalized spacial score (nSPS) is 11.6. The van der Waals surface area contributed by atoms with Crippen molar-refractivity contribution in [1.82, 2.24) is 20.1 Å². The number of nitrogens with zero attached hydrogens (tertiary/aromatic N) is 3. The Morgan fingerprint density at radius 3 is 2.66 bits per heavy atom. The van der Waals surface area contributed by atoms with E-state index in [1.807, 2.05) is 42.7 Å². The highest BCUT2D eigenvalue weighted by Gasteiger charge is 2.20. The molecule has 1 aromatic heterocycles. The summed E-state index contributed by atoms with van der Waals surface area (Å²) in [5.74, 6) is 0.372. The van der Waals surface area contributed by atoms with Crippen molar-refractivity contribution >= 4 is 40.9 Å². The van der Waals surface area contributed by atoms with E-state index < -0.39 is 6.04 Å². The van der Waals surface area contributed by atoms with Gasteiger partial charge in [-0.2, -0.15) is 0 Å². The summed E-state index contributed by atoms with van der Waals surface area (Å²) >= 11 is 7.16. The van der Waals surface area contributed by atoms with E-state index in [1.165, 1.54) is 11.8 Å². The van der Waals surface area contributed by atoms with Crippen molar-refractivity contribution in [3.63, 3.8) is 0 Å². The topological polar surface area (TPSA) is 88.9 Å². The number of thioether (sulfide) groups is 1. The van der Waals surface area contributed by atoms with Crippen molar-refractivity contribution in [2.75, 3.05) is 11.1 Å². The molecular weight excluding hydrogens is 446 g/mol. The second kappa shape index (κ2) is 11.0. The number of allylic oxidation sites excluding steroid dienone is 1. The largest absolute Gasteiger partial charge is 0.342 e. The van der Waals surface area contributed by atoms with Crippen LogP contribution in [0.25, 0.3) is 0 Å². The average Bonchev–Trinajstić information content (AvgIpc) is 3.15. The maximum atomic E-state index is 12.5. The number of rotatable bonds is 9. The Kier molecular flexibility index (Phi) is 8.08. The van der Waals surface area contributed by atoms with Crippen LogP contribution in [0, 0.1) is 6.92 Å². The monoisotopic (exact) mass is 469 g/mol. The van der Waals surface area contributed by atoms with E-state index in [4.69, 9.17) is 11.6 Å². The summed E-state index contributed by atoms with van der Waals surface area (Å²) in [6.45, 7) is 8.04. The van der Waals surface area contributed by atoms with Gasteiger partial charge in [0.05, 0.1) is 11.8 Å². The number of nitrogens with one attached hydrogen (secondary N) is 2. The first-order valence-corrected chi connectivity index (χ1v) is 11.3. The van der Waals surface area contributed by atoms with Gasteiger partial charge in [-0.05, 0) is 55.8 Å². The average molecular weight is 470 g/mol. The van der Waals surface area contributed by atoms with E-state index in [1.54, 1.807) is 30.3 Å². The molecule has 0 saturated carbocycles. The second-order valence-corrected chi connectivity index (χ2v) is 8.53. The number of anilines is 1. The lowest BCUT2D eigenvalue weighted by atomic mass is 10.2. The van der Waals surface area contributed by atoms with Crippen molar-refractivity contribution in [3.05, 3.63) is 83.2 Å². The maximum Gasteiger partial charge on any atom is 0.251 e. The molecule has 0 aliphatic rings. The van der Waals surface area contributed by atoms with Gasteiger partial charge in [0.1, 0.15) is 0 Å². The van der Waals surface area contributed by atoms with Gasteiger partial charge in [0, 0.05) is 22.8 Å². The lowest BCUT2D eigenvalue weighted by molar-refractivity contribution is -0.113. The SMILES string of the molecule is C=CCn1c(SCC(=O)Nc2cccc(C)c2)nnc1[C@@H](C)NC(=O)c1ccc(Cl)cc1. The number of carbonyl (C=O) groups excluding carboxylic acids is 2. The Balaban J connectivity index is 1.66. The van der Waals surface area contributed by atoms with Crippen LogP contribution >= 0.6 is 23.4 Å². The fraction of sp³-hybridized carbons (Fsp3) is 0.217. The van der Waals surface area contributed by atoms with Crippen LogP contribution in [-0.2, 0) is 11.3 Å². The highest BCUT2D eigenvalue weighted by atomic mass is 35.5. The van der Waals surface area contributed by atoms with Gasteiger partial charge >= 0.3 is 0 Å². The van der Waals surface area contributed by atoms with Crippen molar-refractivity contribution in [2.24, 2.45) is 0 Å². The highest BCUT2D eigenvalue weighted by molar-refractivity contribution is 7.99. The molecule has 0 aliphatic carbocycles. The zero-order chi connectivity index (χ0) is 23.1. The zero-order valence-electron chi connectivity index (χ0n) is 17.8. The molecule has 0 bridgehead atoms. The van der Waals surface area contributed by atoms with Gasteiger partial charge in [0.15, 0.2) is 11.0 Å². The number of halogens is 1. The van der Waals surface area contributed by atoms with E-state index in [9.17, 15) is 9.59 Å². The molecule has 0 aliphatic heterocycles. The van der Waals surface area contributed by atoms with E-state index >= 15 is 0 Å². The molecule has 0 spiro atoms. The Morgan fingerprint density at radius 2 is 1.97 bits per heavy atom. The summed E-state index contributed by atoms with van der Waals surface area (Å²) < 4.78 is 1.84. The first-order valence-electron chi connectivity index (χ1n) is 9.97. The Morgan fingerprint density at radius 1 is 1.22 bits per heavy atom. The molecule has 0 unspecified atom stereocenters. The molecule has 166 valence electrons. The van der Waals surface area contributed by atoms with Gasteiger partial charge in [0.2, 0.25) is 5.91 Å². The lowest BCUT2D eigenvalue weighted by Crippen LogP contribution is -2.28. The van der Waals surface area contributed by atoms with E-state index in [2.05, 4.69) is 27.4 Å². The van der Waals surface area contributed by atoms with Crippen molar-refractivity contribution in [2.45, 2.75) is 31.6 Å². The molecule has 0 radical (unpaired) electrons. The molecule has 3 aromatic rings. The molecule has 3 rings (SSSR count). The molecule has 7 nitrogen and oxygen atoms in total. The van der Waals surface area contributed by atoms with Crippen molar-refractivity contribution in [1.29, 1.82) is 0 Å². The summed E-state index contributed by atoms with van der Waals surface area (Å²) in [5, 5.41) is 15.4. The number of amides is 2. The zero-order valence-corrected chi connectivity index (χ0v) is 19.4. The summed E-state index contributed by atoms with van der Waals surface area (Å²) in [4.78, 5) is 24.9. The highest BCUT2D eigenvalue weighted by Crippen LogP contribution is 2.22. The molecule has 1 atom stereocenters. The molecule has 2 aromatic carbocycles. The van der Waals surface area contributed by atoms with Crippen LogP contribution in [0.3, 0.4) is 0 Å². The second-order valence-electron chi connectivity index (χ2n) is 7.15. The van der Waals surface area contributed by atoms with E-state index in [-0.39, 0.29) is 17.6 Å². The van der Waals surface area contributed by atoms with Crippen molar-refractivity contribution in [3.8, 4) is 0 Å². The number of carbonyl (C=O) groups is 2. The molecule has 9 heteroatoms. The van der Waals surface area contributed by atoms with Crippen LogP contribution in [-0.4, -0.2) is 32.3 Å². The molecule has 2 amide bonds. The third-order valence-corrected chi connectivity index (χ3v) is 5.75. The number of aromatic nitrogens is 3. The Hall–Kier alpha value is -3.10. The number of benzene rings is 2. The third kappa shape index (κ3) is 6.21. The first-order chi connectivity index (χ1) is 15.4. The Bertz CT molecular complexity index is 1110. The smallest absolute Gasteiger partial charge is 0.251 e. The molecule has 32 heavy (non-hydrogen) atoms. The van der Waals surface area contributed by atoms with Crippen LogP contribution in [0.5, 0.6) is 0 Å². The quantitative estimate of drug-likeness (QED) is 0.352. The molecule has 0 fully saturated rings. The van der Waals surface area contributed by atoms with Gasteiger partial charge in [0.25, 0.3) is 5.91 Å². The standard InChI is InChI=1S/C23H24ClN5O2S/c1-4-12-29-21(16(3)25-22(31)17-8-10-18(24)11-9-17)27-28-23(29)32-14-20(30)26-19-7-5-6-15(2)13-19/h4-11,13,16H,1,12,14H2,2-3H3,(H,25,31)(H,26,30)/t16-/m1/s1. The lowest BCUT2D eigenvalue weighted by Gasteiger charge is -2.15. The Labute approximate surface area is 196 Å². The molecule has 0 saturated heterocycles. The summed E-state index contributed by atoms with van der Waals surface area (Å²) in [6, 6.07) is 13.9. The van der Waals surface area contributed by atoms with Crippen LogP contribution in [0.4, 0.5) is 5.69 Å². The van der Waals surface area contributed by atoms with Gasteiger partial charge in [-0.15, -0.1) is 16.8 Å². The fourth-order valence-corrected chi connectivity index (χ4v) is 3.90. The first kappa shape index (κ1) is 23.6. The fourth-order valence-electron chi connectivity index (χ4n) is 3.02. The minimum absolute atomic E-state index is 0.139. The summed E-state index contributed by atoms with van der Waals surface area (Å²) in [6.07, 6.45) is 1.72. The minimum atomic E-state index is -0.402. The maximum absolute atomic E-state index is 12.5. The third-order valence-electron chi connectivity index (χ3n) is 4.53. The van der Waals surface area contributed by atoms with Crippen LogP contribution < -0.4 is 10.6 Å². The molecular formula is C23H24ClN5O2S. The number of aryl methyl sites for hydroxylation is 1. The number of hydrogen-bond acceptors (Lipinski definition) is 5. The number of hydrogen-bond donors (Lipinski definition) is 2. The van der Waals surface area contributed by atoms with Gasteiger partial charge in [-0.1, -0.05) is 41.6 Å². The minimum Gasteiger partial charge on any atom is -0.342 e. The molecule has 1 heterocycles. The predicted molar refractivity (Wildman–Crippen MR) is 128 cm³/mol. The van der Waals surface area contributed by atoms with E-state index in [0.29, 0.717) is 28.1 Å². The van der Waals surface area contributed by atoms with Crippen LogP contribution in [0.1, 0.15) is 34.7 Å². The van der Waals surface area contributed by atoms with E-state index in [0.717, 1.165) is 11.3 Å². The van der Waals surface area contributed by atoms with Crippen LogP contribution in [0.2, 0.25) is 5.02 Å². The van der Waals surface area contributed by atoms with Gasteiger partial charge in [-0.3, -0.25) is 9.59 Å². The van der Waals surface area contributed by atoms with Crippen LogP contribution in [0.15, 0.2) is 66.3 Å². The predicted octanol–water partition coefficient (Wildman–Crippen LogP) is 4.65.